The lowest BCUT2D eigenvalue weighted by atomic mass is 9.96. The number of fused-ring (bicyclic) bond motifs is 1. The molecule has 37 heavy (non-hydrogen) atoms. The van der Waals surface area contributed by atoms with Crippen LogP contribution in [0.4, 0.5) is 5.82 Å². The van der Waals surface area contributed by atoms with Gasteiger partial charge < -0.3 is 4.90 Å². The predicted molar refractivity (Wildman–Crippen MR) is 146 cm³/mol. The SMILES string of the molecule is Cc1ccc(-c2ccc(C(=O)NS(=O)(=O)c3cccnc3)c(N3C[C@@H](C)CC3(C)C)n2)c2ccccc12. The van der Waals surface area contributed by atoms with Gasteiger partial charge in [0.15, 0.2) is 0 Å². The molecule has 0 spiro atoms. The Labute approximate surface area is 217 Å². The van der Waals surface area contributed by atoms with Crippen LogP contribution in [0, 0.1) is 12.8 Å². The molecule has 1 fully saturated rings. The third-order valence-electron chi connectivity index (χ3n) is 7.04. The quantitative estimate of drug-likeness (QED) is 0.386. The molecule has 1 amide bonds. The van der Waals surface area contributed by atoms with Gasteiger partial charge in [0.05, 0.1) is 11.3 Å². The molecule has 4 aromatic rings. The predicted octanol–water partition coefficient (Wildman–Crippen LogP) is 5.35. The number of aromatic nitrogens is 2. The lowest BCUT2D eigenvalue weighted by Crippen LogP contribution is -2.41. The standard InChI is InChI=1S/C29H30N4O3S/c1-19-16-29(3,4)33(18-19)27-25(28(34)32-37(35,36)21-8-7-15-30-17-21)13-14-26(31-27)24-12-11-20(2)22-9-5-6-10-23(22)24/h5-15,17,19H,16,18H2,1-4H3,(H,32,34)/t19-/m0/s1. The van der Waals surface area contributed by atoms with Crippen molar-refractivity contribution in [1.29, 1.82) is 0 Å². The fourth-order valence-corrected chi connectivity index (χ4v) is 6.29. The lowest BCUT2D eigenvalue weighted by Gasteiger charge is -2.34. The van der Waals surface area contributed by atoms with Crippen molar-refractivity contribution >= 4 is 32.5 Å². The molecule has 1 aliphatic heterocycles. The zero-order valence-electron chi connectivity index (χ0n) is 21.4. The van der Waals surface area contributed by atoms with Gasteiger partial charge in [0.2, 0.25) is 0 Å². The molecule has 1 aliphatic rings. The van der Waals surface area contributed by atoms with Crippen molar-refractivity contribution in [3.63, 3.8) is 0 Å². The minimum Gasteiger partial charge on any atom is -0.351 e. The van der Waals surface area contributed by atoms with Gasteiger partial charge in [0, 0.05) is 30.0 Å². The van der Waals surface area contributed by atoms with E-state index in [1.807, 2.05) is 18.2 Å². The van der Waals surface area contributed by atoms with Crippen LogP contribution in [-0.2, 0) is 10.0 Å². The first-order valence-corrected chi connectivity index (χ1v) is 13.8. The van der Waals surface area contributed by atoms with Crippen LogP contribution in [0.15, 0.2) is 78.0 Å². The van der Waals surface area contributed by atoms with E-state index in [-0.39, 0.29) is 16.0 Å². The van der Waals surface area contributed by atoms with E-state index in [1.54, 1.807) is 12.1 Å². The molecule has 190 valence electrons. The zero-order chi connectivity index (χ0) is 26.4. The molecule has 1 saturated heterocycles. The number of benzene rings is 2. The van der Waals surface area contributed by atoms with Gasteiger partial charge in [0.1, 0.15) is 10.7 Å². The number of carbonyl (C=O) groups excluding carboxylic acids is 1. The van der Waals surface area contributed by atoms with Crippen molar-refractivity contribution in [2.75, 3.05) is 11.4 Å². The van der Waals surface area contributed by atoms with Crippen molar-refractivity contribution in [2.24, 2.45) is 5.92 Å². The number of pyridine rings is 2. The summed E-state index contributed by atoms with van der Waals surface area (Å²) in [6, 6.07) is 18.7. The number of aryl methyl sites for hydroxylation is 1. The summed E-state index contributed by atoms with van der Waals surface area (Å²) < 4.78 is 28.0. The number of nitrogens with one attached hydrogen (secondary N) is 1. The molecule has 1 atom stereocenters. The Morgan fingerprint density at radius 3 is 2.46 bits per heavy atom. The second-order valence-electron chi connectivity index (χ2n) is 10.4. The number of anilines is 1. The Morgan fingerprint density at radius 1 is 1.03 bits per heavy atom. The van der Waals surface area contributed by atoms with E-state index >= 15 is 0 Å². The fraction of sp³-hybridized carbons (Fsp3) is 0.276. The summed E-state index contributed by atoms with van der Waals surface area (Å²) in [5.41, 5.74) is 2.83. The number of carbonyl (C=O) groups is 1. The molecule has 8 heteroatoms. The smallest absolute Gasteiger partial charge is 0.268 e. The Balaban J connectivity index is 1.63. The minimum absolute atomic E-state index is 0.0734. The van der Waals surface area contributed by atoms with E-state index in [0.717, 1.165) is 28.5 Å². The normalized spacial score (nSPS) is 17.2. The Morgan fingerprint density at radius 2 is 1.78 bits per heavy atom. The van der Waals surface area contributed by atoms with Crippen LogP contribution in [0.3, 0.4) is 0 Å². The van der Waals surface area contributed by atoms with Crippen molar-refractivity contribution in [2.45, 2.75) is 44.6 Å². The minimum atomic E-state index is -4.09. The molecule has 0 bridgehead atoms. The van der Waals surface area contributed by atoms with Gasteiger partial charge in [-0.25, -0.2) is 18.1 Å². The number of hydrogen-bond acceptors (Lipinski definition) is 6. The van der Waals surface area contributed by atoms with Crippen molar-refractivity contribution < 1.29 is 13.2 Å². The van der Waals surface area contributed by atoms with E-state index in [4.69, 9.17) is 4.98 Å². The van der Waals surface area contributed by atoms with Crippen LogP contribution in [-0.4, -0.2) is 36.4 Å². The fourth-order valence-electron chi connectivity index (χ4n) is 5.36. The summed E-state index contributed by atoms with van der Waals surface area (Å²) in [5, 5.41) is 2.22. The van der Waals surface area contributed by atoms with Crippen molar-refractivity contribution in [1.82, 2.24) is 14.7 Å². The average molecular weight is 515 g/mol. The molecular formula is C29H30N4O3S. The van der Waals surface area contributed by atoms with E-state index in [1.165, 1.54) is 30.1 Å². The van der Waals surface area contributed by atoms with Crippen LogP contribution in [0.5, 0.6) is 0 Å². The summed E-state index contributed by atoms with van der Waals surface area (Å²) >= 11 is 0. The van der Waals surface area contributed by atoms with E-state index in [9.17, 15) is 13.2 Å². The van der Waals surface area contributed by atoms with E-state index < -0.39 is 15.9 Å². The topological polar surface area (TPSA) is 92.3 Å². The second kappa shape index (κ2) is 9.27. The third-order valence-corrected chi connectivity index (χ3v) is 8.35. The number of nitrogens with zero attached hydrogens (tertiary/aromatic N) is 3. The Kier molecular flexibility index (Phi) is 6.23. The highest BCUT2D eigenvalue weighted by molar-refractivity contribution is 7.90. The molecule has 0 saturated carbocycles. The second-order valence-corrected chi connectivity index (χ2v) is 12.1. The summed E-state index contributed by atoms with van der Waals surface area (Å²) in [4.78, 5) is 24.4. The van der Waals surface area contributed by atoms with Gasteiger partial charge in [-0.15, -0.1) is 0 Å². The first-order valence-electron chi connectivity index (χ1n) is 12.3. The number of amides is 1. The summed E-state index contributed by atoms with van der Waals surface area (Å²) in [5.74, 6) is 0.160. The summed E-state index contributed by atoms with van der Waals surface area (Å²) in [7, 11) is -4.09. The highest BCUT2D eigenvalue weighted by Crippen LogP contribution is 2.39. The average Bonchev–Trinajstić information content (AvgIpc) is 3.16. The van der Waals surface area contributed by atoms with E-state index in [0.29, 0.717) is 18.3 Å². The lowest BCUT2D eigenvalue weighted by molar-refractivity contribution is 0.0981. The van der Waals surface area contributed by atoms with Gasteiger partial charge in [0.25, 0.3) is 15.9 Å². The molecule has 0 aliphatic carbocycles. The zero-order valence-corrected chi connectivity index (χ0v) is 22.2. The molecule has 0 radical (unpaired) electrons. The van der Waals surface area contributed by atoms with Gasteiger partial charge in [-0.05, 0) is 73.7 Å². The molecule has 0 unspecified atom stereocenters. The van der Waals surface area contributed by atoms with Crippen molar-refractivity contribution in [3.05, 3.63) is 84.2 Å². The molecular weight excluding hydrogens is 484 g/mol. The largest absolute Gasteiger partial charge is 0.351 e. The van der Waals surface area contributed by atoms with Gasteiger partial charge in [-0.3, -0.25) is 9.78 Å². The van der Waals surface area contributed by atoms with Crippen LogP contribution < -0.4 is 9.62 Å². The summed E-state index contributed by atoms with van der Waals surface area (Å²) in [6.45, 7) is 9.22. The van der Waals surface area contributed by atoms with E-state index in [2.05, 4.69) is 60.5 Å². The number of hydrogen-bond donors (Lipinski definition) is 1. The summed E-state index contributed by atoms with van der Waals surface area (Å²) in [6.07, 6.45) is 3.63. The molecule has 2 aromatic carbocycles. The maximum atomic E-state index is 13.4. The maximum absolute atomic E-state index is 13.4. The van der Waals surface area contributed by atoms with Gasteiger partial charge >= 0.3 is 0 Å². The molecule has 7 nitrogen and oxygen atoms in total. The van der Waals surface area contributed by atoms with Crippen LogP contribution in [0.2, 0.25) is 0 Å². The first kappa shape index (κ1) is 24.9. The Bertz CT molecular complexity index is 1600. The maximum Gasteiger partial charge on any atom is 0.268 e. The molecule has 5 rings (SSSR count). The number of sulfonamides is 1. The molecule has 3 heterocycles. The molecule has 2 aromatic heterocycles. The number of rotatable bonds is 5. The monoisotopic (exact) mass is 514 g/mol. The Hall–Kier alpha value is -3.78. The first-order chi connectivity index (χ1) is 17.6. The van der Waals surface area contributed by atoms with Crippen molar-refractivity contribution in [3.8, 4) is 11.3 Å². The van der Waals surface area contributed by atoms with Crippen LogP contribution in [0.1, 0.15) is 43.1 Å². The highest BCUT2D eigenvalue weighted by atomic mass is 32.2. The highest BCUT2D eigenvalue weighted by Gasteiger charge is 2.39. The third kappa shape index (κ3) is 4.69. The van der Waals surface area contributed by atoms with Gasteiger partial charge in [-0.1, -0.05) is 43.3 Å². The van der Waals surface area contributed by atoms with Crippen LogP contribution in [0.25, 0.3) is 22.0 Å². The van der Waals surface area contributed by atoms with Gasteiger partial charge in [-0.2, -0.15) is 0 Å². The molecule has 1 N–H and O–H groups in total. The van der Waals surface area contributed by atoms with Crippen LogP contribution >= 0.6 is 0 Å².